The Morgan fingerprint density at radius 2 is 1.64 bits per heavy atom. The van der Waals surface area contributed by atoms with Gasteiger partial charge in [-0.25, -0.2) is 0 Å². The molecule has 3 heteroatoms. The Balaban J connectivity index is 3.96. The van der Waals surface area contributed by atoms with E-state index >= 15 is 0 Å². The van der Waals surface area contributed by atoms with Gasteiger partial charge in [-0.2, -0.15) is 0 Å². The second kappa shape index (κ2) is 5.52. The average molecular weight is 161 g/mol. The molecule has 0 atom stereocenters. The summed E-state index contributed by atoms with van der Waals surface area (Å²) in [7, 11) is 3.38. The lowest BCUT2D eigenvalue weighted by atomic mass is 9.87. The maximum Gasteiger partial charge on any atom is 0.0552 e. The van der Waals surface area contributed by atoms with Crippen LogP contribution in [-0.2, 0) is 9.47 Å². The van der Waals surface area contributed by atoms with Gasteiger partial charge >= 0.3 is 0 Å². The van der Waals surface area contributed by atoms with Crippen LogP contribution in [0, 0.1) is 5.41 Å². The van der Waals surface area contributed by atoms with Crippen LogP contribution < -0.4 is 5.73 Å². The number of hydrogen-bond acceptors (Lipinski definition) is 3. The van der Waals surface area contributed by atoms with Gasteiger partial charge in [-0.3, -0.25) is 0 Å². The Hall–Kier alpha value is -0.120. The molecule has 0 fully saturated rings. The monoisotopic (exact) mass is 161 g/mol. The summed E-state index contributed by atoms with van der Waals surface area (Å²) in [6, 6.07) is 0. The third kappa shape index (κ3) is 3.18. The van der Waals surface area contributed by atoms with E-state index in [1.54, 1.807) is 14.2 Å². The zero-order valence-electron chi connectivity index (χ0n) is 7.72. The van der Waals surface area contributed by atoms with Gasteiger partial charge in [-0.05, 0) is 6.42 Å². The van der Waals surface area contributed by atoms with E-state index in [0.717, 1.165) is 6.42 Å². The molecule has 0 unspecified atom stereocenters. The Kier molecular flexibility index (Phi) is 5.46. The first-order valence-electron chi connectivity index (χ1n) is 3.92. The maximum absolute atomic E-state index is 5.63. The number of ether oxygens (including phenoxy) is 2. The number of methoxy groups -OCH3 is 2. The van der Waals surface area contributed by atoms with Gasteiger partial charge in [0.25, 0.3) is 0 Å². The second-order valence-corrected chi connectivity index (χ2v) is 2.92. The molecule has 0 bridgehead atoms. The van der Waals surface area contributed by atoms with Crippen LogP contribution >= 0.6 is 0 Å². The molecule has 0 aromatic carbocycles. The van der Waals surface area contributed by atoms with Gasteiger partial charge in [0, 0.05) is 26.2 Å². The molecule has 0 aromatic heterocycles. The van der Waals surface area contributed by atoms with E-state index in [4.69, 9.17) is 15.2 Å². The predicted molar refractivity (Wildman–Crippen MR) is 45.5 cm³/mol. The molecule has 0 spiro atoms. The molecule has 0 aromatic rings. The molecule has 0 aliphatic carbocycles. The fraction of sp³-hybridized carbons (Fsp3) is 1.00. The summed E-state index contributed by atoms with van der Waals surface area (Å²) in [6.45, 7) is 4.07. The molecule has 68 valence electrons. The van der Waals surface area contributed by atoms with Gasteiger partial charge in [0.15, 0.2) is 0 Å². The first kappa shape index (κ1) is 10.9. The third-order valence-electron chi connectivity index (χ3n) is 2.08. The lowest BCUT2D eigenvalue weighted by Gasteiger charge is -2.29. The zero-order chi connectivity index (χ0) is 8.74. The Morgan fingerprint density at radius 1 is 1.18 bits per heavy atom. The highest BCUT2D eigenvalue weighted by Crippen LogP contribution is 2.20. The smallest absolute Gasteiger partial charge is 0.0552 e. The third-order valence-corrected chi connectivity index (χ3v) is 2.08. The van der Waals surface area contributed by atoms with E-state index in [1.807, 2.05) is 0 Å². The van der Waals surface area contributed by atoms with E-state index in [1.165, 1.54) is 0 Å². The van der Waals surface area contributed by atoms with Crippen molar-refractivity contribution in [2.45, 2.75) is 13.3 Å². The Labute approximate surface area is 68.9 Å². The van der Waals surface area contributed by atoms with Crippen LogP contribution in [0.1, 0.15) is 13.3 Å². The number of hydrogen-bond donors (Lipinski definition) is 1. The van der Waals surface area contributed by atoms with Gasteiger partial charge in [0.2, 0.25) is 0 Å². The summed E-state index contributed by atoms with van der Waals surface area (Å²) in [5.74, 6) is 0. The first-order chi connectivity index (χ1) is 5.24. The molecule has 11 heavy (non-hydrogen) atoms. The average Bonchev–Trinajstić information content (AvgIpc) is 2.04. The lowest BCUT2D eigenvalue weighted by molar-refractivity contribution is 0.0133. The topological polar surface area (TPSA) is 44.5 Å². The minimum Gasteiger partial charge on any atom is -0.384 e. The minimum atomic E-state index is 0.0174. The summed E-state index contributed by atoms with van der Waals surface area (Å²) in [5.41, 5.74) is 5.65. The SMILES string of the molecule is CCC(CN)(COC)COC. The van der Waals surface area contributed by atoms with E-state index in [-0.39, 0.29) is 5.41 Å². The summed E-state index contributed by atoms with van der Waals surface area (Å²) in [6.07, 6.45) is 0.991. The van der Waals surface area contributed by atoms with Crippen LogP contribution in [0.4, 0.5) is 0 Å². The standard InChI is InChI=1S/C8H19NO2/c1-4-8(5-9,6-10-2)7-11-3/h4-7,9H2,1-3H3. The van der Waals surface area contributed by atoms with Crippen LogP contribution in [0.2, 0.25) is 0 Å². The van der Waals surface area contributed by atoms with Crippen LogP contribution in [0.5, 0.6) is 0 Å². The van der Waals surface area contributed by atoms with E-state index in [9.17, 15) is 0 Å². The molecule has 0 aliphatic heterocycles. The number of nitrogens with two attached hydrogens (primary N) is 1. The van der Waals surface area contributed by atoms with Crippen LogP contribution in [-0.4, -0.2) is 34.0 Å². The Morgan fingerprint density at radius 3 is 1.82 bits per heavy atom. The molecular weight excluding hydrogens is 142 g/mol. The van der Waals surface area contributed by atoms with Gasteiger partial charge < -0.3 is 15.2 Å². The van der Waals surface area contributed by atoms with Gasteiger partial charge in [0.05, 0.1) is 13.2 Å². The summed E-state index contributed by atoms with van der Waals surface area (Å²) >= 11 is 0. The molecule has 0 aliphatic rings. The van der Waals surface area contributed by atoms with Crippen molar-refractivity contribution < 1.29 is 9.47 Å². The van der Waals surface area contributed by atoms with Crippen LogP contribution in [0.3, 0.4) is 0 Å². The fourth-order valence-corrected chi connectivity index (χ4v) is 1.12. The molecule has 0 heterocycles. The van der Waals surface area contributed by atoms with E-state index in [0.29, 0.717) is 19.8 Å². The minimum absolute atomic E-state index is 0.0174. The highest BCUT2D eigenvalue weighted by Gasteiger charge is 2.26. The van der Waals surface area contributed by atoms with Crippen molar-refractivity contribution in [1.82, 2.24) is 0 Å². The highest BCUT2D eigenvalue weighted by atomic mass is 16.5. The van der Waals surface area contributed by atoms with Gasteiger partial charge in [0.1, 0.15) is 0 Å². The molecule has 3 nitrogen and oxygen atoms in total. The second-order valence-electron chi connectivity index (χ2n) is 2.92. The van der Waals surface area contributed by atoms with E-state index < -0.39 is 0 Å². The highest BCUT2D eigenvalue weighted by molar-refractivity contribution is 4.78. The normalized spacial score (nSPS) is 12.0. The largest absolute Gasteiger partial charge is 0.384 e. The first-order valence-corrected chi connectivity index (χ1v) is 3.92. The number of rotatable bonds is 6. The molecular formula is C8H19NO2. The van der Waals surface area contributed by atoms with Crippen LogP contribution in [0.15, 0.2) is 0 Å². The van der Waals surface area contributed by atoms with Crippen molar-refractivity contribution >= 4 is 0 Å². The molecule has 0 saturated carbocycles. The molecule has 0 radical (unpaired) electrons. The summed E-state index contributed by atoms with van der Waals surface area (Å²) in [4.78, 5) is 0. The van der Waals surface area contributed by atoms with Crippen molar-refractivity contribution in [3.63, 3.8) is 0 Å². The Bertz CT molecular complexity index is 84.1. The molecule has 2 N–H and O–H groups in total. The van der Waals surface area contributed by atoms with Crippen molar-refractivity contribution in [3.05, 3.63) is 0 Å². The van der Waals surface area contributed by atoms with Crippen molar-refractivity contribution in [2.75, 3.05) is 34.0 Å². The van der Waals surface area contributed by atoms with Crippen LogP contribution in [0.25, 0.3) is 0 Å². The van der Waals surface area contributed by atoms with Crippen molar-refractivity contribution in [3.8, 4) is 0 Å². The lowest BCUT2D eigenvalue weighted by Crippen LogP contribution is -2.38. The van der Waals surface area contributed by atoms with Crippen molar-refractivity contribution in [1.29, 1.82) is 0 Å². The van der Waals surface area contributed by atoms with Gasteiger partial charge in [-0.1, -0.05) is 6.92 Å². The molecule has 0 rings (SSSR count). The van der Waals surface area contributed by atoms with Crippen molar-refractivity contribution in [2.24, 2.45) is 11.1 Å². The zero-order valence-corrected chi connectivity index (χ0v) is 7.72. The maximum atomic E-state index is 5.63. The quantitative estimate of drug-likeness (QED) is 0.621. The van der Waals surface area contributed by atoms with E-state index in [2.05, 4.69) is 6.92 Å². The molecule has 0 saturated heterocycles. The van der Waals surface area contributed by atoms with Gasteiger partial charge in [-0.15, -0.1) is 0 Å². The fourth-order valence-electron chi connectivity index (χ4n) is 1.12. The summed E-state index contributed by atoms with van der Waals surface area (Å²) < 4.78 is 10.2. The molecule has 0 amide bonds. The summed E-state index contributed by atoms with van der Waals surface area (Å²) in [5, 5.41) is 0. The predicted octanol–water partition coefficient (Wildman–Crippen LogP) is 0.634.